The van der Waals surface area contributed by atoms with E-state index in [-0.39, 0.29) is 5.41 Å². The van der Waals surface area contributed by atoms with Crippen molar-refractivity contribution in [2.45, 2.75) is 57.2 Å². The van der Waals surface area contributed by atoms with Gasteiger partial charge in [-0.3, -0.25) is 0 Å². The van der Waals surface area contributed by atoms with Gasteiger partial charge in [-0.2, -0.15) is 5.26 Å². The molecule has 1 aromatic rings. The van der Waals surface area contributed by atoms with E-state index in [0.29, 0.717) is 0 Å². The van der Waals surface area contributed by atoms with Crippen LogP contribution in [0.4, 0.5) is 4.39 Å². The zero-order valence-corrected chi connectivity index (χ0v) is 14.0. The molecule has 2 fully saturated rings. The summed E-state index contributed by atoms with van der Waals surface area (Å²) in [7, 11) is -0.978. The molecule has 120 valence electrons. The van der Waals surface area contributed by atoms with Crippen LogP contribution in [0.3, 0.4) is 0 Å². The average Bonchev–Trinajstić information content (AvgIpc) is 3.23. The highest BCUT2D eigenvalue weighted by molar-refractivity contribution is 6.54. The van der Waals surface area contributed by atoms with Crippen molar-refractivity contribution in [2.75, 3.05) is 0 Å². The minimum atomic E-state index is -0.978. The van der Waals surface area contributed by atoms with Crippen LogP contribution in [0.2, 0.25) is 0 Å². The zero-order valence-electron chi connectivity index (χ0n) is 14.0. The first-order valence-electron chi connectivity index (χ1n) is 7.94. The summed E-state index contributed by atoms with van der Waals surface area (Å²) in [4.78, 5) is 0. The molecule has 3 nitrogen and oxygen atoms in total. The van der Waals surface area contributed by atoms with Gasteiger partial charge in [-0.15, -0.1) is 0 Å². The van der Waals surface area contributed by atoms with E-state index in [1.165, 1.54) is 6.08 Å². The van der Waals surface area contributed by atoms with Crippen molar-refractivity contribution in [2.24, 2.45) is 0 Å². The Bertz CT molecular complexity index is 668. The lowest BCUT2D eigenvalue weighted by atomic mass is 9.86. The average molecular weight is 313 g/mol. The van der Waals surface area contributed by atoms with Crippen LogP contribution < -0.4 is 0 Å². The molecule has 0 amide bonds. The second kappa shape index (κ2) is 5.19. The van der Waals surface area contributed by atoms with Crippen LogP contribution in [0.5, 0.6) is 0 Å². The van der Waals surface area contributed by atoms with Crippen LogP contribution in [0, 0.1) is 11.3 Å². The van der Waals surface area contributed by atoms with E-state index in [1.54, 1.807) is 0 Å². The Kier molecular flexibility index (Phi) is 3.66. The molecule has 0 bridgehead atoms. The Hall–Kier alpha value is -1.64. The van der Waals surface area contributed by atoms with Gasteiger partial charge in [0.2, 0.25) is 0 Å². The summed E-state index contributed by atoms with van der Waals surface area (Å²) in [6.45, 7) is 7.58. The van der Waals surface area contributed by atoms with E-state index < -0.39 is 24.0 Å². The lowest BCUT2D eigenvalue weighted by Gasteiger charge is -2.32. The van der Waals surface area contributed by atoms with Crippen LogP contribution in [0.1, 0.15) is 51.7 Å². The fourth-order valence-electron chi connectivity index (χ4n) is 2.67. The Morgan fingerprint density at radius 2 is 1.65 bits per heavy atom. The molecular formula is C18H21BFNO2. The van der Waals surface area contributed by atoms with E-state index in [0.717, 1.165) is 24.0 Å². The zero-order chi connectivity index (χ0) is 16.9. The molecule has 0 atom stereocenters. The van der Waals surface area contributed by atoms with Crippen LogP contribution in [-0.4, -0.2) is 18.3 Å². The molecule has 0 spiro atoms. The van der Waals surface area contributed by atoms with Crippen molar-refractivity contribution in [3.05, 3.63) is 41.1 Å². The molecular weight excluding hydrogens is 292 g/mol. The summed E-state index contributed by atoms with van der Waals surface area (Å²) in [5.41, 5.74) is -0.136. The van der Waals surface area contributed by atoms with Gasteiger partial charge in [-0.25, -0.2) is 4.39 Å². The summed E-state index contributed by atoms with van der Waals surface area (Å²) in [6, 6.07) is 9.83. The van der Waals surface area contributed by atoms with Crippen LogP contribution in [0.25, 0.3) is 6.08 Å². The van der Waals surface area contributed by atoms with Gasteiger partial charge in [-0.05, 0) is 57.7 Å². The Balaban J connectivity index is 1.76. The second-order valence-electron chi connectivity index (χ2n) is 7.43. The van der Waals surface area contributed by atoms with Crippen molar-refractivity contribution in [3.8, 4) is 6.07 Å². The van der Waals surface area contributed by atoms with Crippen molar-refractivity contribution < 1.29 is 13.7 Å². The largest absolute Gasteiger partial charge is 0.525 e. The third-order valence-electron chi connectivity index (χ3n) is 5.21. The van der Waals surface area contributed by atoms with Gasteiger partial charge in [0.15, 0.2) is 0 Å². The molecule has 1 aliphatic heterocycles. The van der Waals surface area contributed by atoms with Crippen molar-refractivity contribution in [3.63, 3.8) is 0 Å². The standard InChI is InChI=1S/C18H21BFNO2/c1-16(2)17(3,4)23-19(22-16)15(20)11-13-5-7-14(8-6-13)18(12-21)9-10-18/h5-8,11H,9-10H2,1-4H3. The first kappa shape index (κ1) is 16.2. The number of hydrogen-bond acceptors (Lipinski definition) is 3. The summed E-state index contributed by atoms with van der Waals surface area (Å²) in [6.07, 6.45) is 3.24. The molecule has 23 heavy (non-hydrogen) atoms. The van der Waals surface area contributed by atoms with Gasteiger partial charge in [0, 0.05) is 0 Å². The molecule has 0 radical (unpaired) electrons. The van der Waals surface area contributed by atoms with Gasteiger partial charge in [0.05, 0.1) is 22.7 Å². The molecule has 1 aliphatic carbocycles. The Labute approximate surface area is 137 Å². The SMILES string of the molecule is CC1(C)OB(C(F)=Cc2ccc(C3(C#N)CC3)cc2)OC1(C)C. The molecule has 1 heterocycles. The van der Waals surface area contributed by atoms with E-state index in [2.05, 4.69) is 6.07 Å². The summed E-state index contributed by atoms with van der Waals surface area (Å²) >= 11 is 0. The van der Waals surface area contributed by atoms with E-state index in [9.17, 15) is 9.65 Å². The van der Waals surface area contributed by atoms with Gasteiger partial charge in [0.25, 0.3) is 0 Å². The predicted octanol–water partition coefficient (Wildman–Crippen LogP) is 4.18. The number of benzene rings is 1. The van der Waals surface area contributed by atoms with E-state index >= 15 is 0 Å². The number of halogens is 1. The lowest BCUT2D eigenvalue weighted by molar-refractivity contribution is 0.00578. The van der Waals surface area contributed by atoms with Gasteiger partial charge < -0.3 is 9.31 Å². The fourth-order valence-corrected chi connectivity index (χ4v) is 2.67. The van der Waals surface area contributed by atoms with Crippen molar-refractivity contribution in [1.29, 1.82) is 5.26 Å². The molecule has 0 N–H and O–H groups in total. The first-order valence-corrected chi connectivity index (χ1v) is 7.94. The highest BCUT2D eigenvalue weighted by atomic mass is 19.1. The number of nitriles is 1. The normalized spacial score (nSPS) is 24.3. The van der Waals surface area contributed by atoms with Gasteiger partial charge in [0.1, 0.15) is 5.73 Å². The molecule has 2 aliphatic rings. The minimum absolute atomic E-state index is 0.313. The maximum atomic E-state index is 14.5. The van der Waals surface area contributed by atoms with E-state index in [1.807, 2.05) is 52.0 Å². The lowest BCUT2D eigenvalue weighted by Crippen LogP contribution is -2.41. The van der Waals surface area contributed by atoms with Gasteiger partial charge in [-0.1, -0.05) is 24.3 Å². The van der Waals surface area contributed by atoms with E-state index in [4.69, 9.17) is 9.31 Å². The van der Waals surface area contributed by atoms with Crippen molar-refractivity contribution >= 4 is 13.2 Å². The molecule has 0 aromatic heterocycles. The molecule has 1 saturated carbocycles. The van der Waals surface area contributed by atoms with Crippen LogP contribution in [0.15, 0.2) is 30.0 Å². The molecule has 1 aromatic carbocycles. The quantitative estimate of drug-likeness (QED) is 0.786. The van der Waals surface area contributed by atoms with Crippen LogP contribution in [-0.2, 0) is 14.7 Å². The summed E-state index contributed by atoms with van der Waals surface area (Å²) < 4.78 is 25.8. The topological polar surface area (TPSA) is 42.2 Å². The van der Waals surface area contributed by atoms with Gasteiger partial charge >= 0.3 is 7.12 Å². The van der Waals surface area contributed by atoms with Crippen LogP contribution >= 0.6 is 0 Å². The highest BCUT2D eigenvalue weighted by Crippen LogP contribution is 2.47. The predicted molar refractivity (Wildman–Crippen MR) is 88.1 cm³/mol. The maximum Gasteiger partial charge on any atom is 0.525 e. The third-order valence-corrected chi connectivity index (χ3v) is 5.21. The summed E-state index contributed by atoms with van der Waals surface area (Å²) in [5, 5.41) is 9.21. The number of nitrogens with zero attached hydrogens (tertiary/aromatic N) is 1. The smallest absolute Gasteiger partial charge is 0.398 e. The maximum absolute atomic E-state index is 14.5. The highest BCUT2D eigenvalue weighted by Gasteiger charge is 2.53. The fraction of sp³-hybridized carbons (Fsp3) is 0.500. The summed E-state index contributed by atoms with van der Waals surface area (Å²) in [5.74, 6) is 0. The Morgan fingerprint density at radius 3 is 2.09 bits per heavy atom. The minimum Gasteiger partial charge on any atom is -0.398 e. The number of rotatable bonds is 3. The second-order valence-corrected chi connectivity index (χ2v) is 7.43. The first-order chi connectivity index (χ1) is 10.7. The molecule has 0 unspecified atom stereocenters. The molecule has 5 heteroatoms. The third kappa shape index (κ3) is 2.82. The molecule has 3 rings (SSSR count). The Morgan fingerprint density at radius 1 is 1.13 bits per heavy atom. The van der Waals surface area contributed by atoms with Crippen molar-refractivity contribution in [1.82, 2.24) is 0 Å². The number of hydrogen-bond donors (Lipinski definition) is 0. The monoisotopic (exact) mass is 313 g/mol. The molecule has 1 saturated heterocycles.